The van der Waals surface area contributed by atoms with Crippen LogP contribution in [-0.4, -0.2) is 35.5 Å². The van der Waals surface area contributed by atoms with Gasteiger partial charge >= 0.3 is 5.97 Å². The van der Waals surface area contributed by atoms with Crippen LogP contribution in [0.25, 0.3) is 0 Å². The molecule has 3 fully saturated rings. The van der Waals surface area contributed by atoms with E-state index < -0.39 is 17.6 Å². The van der Waals surface area contributed by atoms with E-state index in [1.807, 2.05) is 0 Å². The number of carbonyl (C=O) groups is 1. The van der Waals surface area contributed by atoms with E-state index in [-0.39, 0.29) is 17.3 Å². The summed E-state index contributed by atoms with van der Waals surface area (Å²) in [5.74, 6) is -0.583. The maximum absolute atomic E-state index is 12.4. The van der Waals surface area contributed by atoms with Crippen molar-refractivity contribution in [1.29, 1.82) is 0 Å². The minimum absolute atomic E-state index is 0.162. The van der Waals surface area contributed by atoms with Gasteiger partial charge in [-0.25, -0.2) is 0 Å². The lowest BCUT2D eigenvalue weighted by Crippen LogP contribution is -2.61. The minimum atomic E-state index is -0.926. The van der Waals surface area contributed by atoms with Crippen molar-refractivity contribution in [2.45, 2.75) is 50.7 Å². The number of aliphatic hydroxyl groups excluding tert-OH is 2. The topological polar surface area (TPSA) is 66.8 Å². The number of esters is 1. The zero-order valence-corrected chi connectivity index (χ0v) is 11.4. The molecular weight excluding hydrogens is 244 g/mol. The van der Waals surface area contributed by atoms with Gasteiger partial charge in [0.2, 0.25) is 0 Å². The van der Waals surface area contributed by atoms with E-state index in [0.717, 1.165) is 24.8 Å². The Balaban J connectivity index is 2.15. The van der Waals surface area contributed by atoms with Crippen LogP contribution in [0.1, 0.15) is 38.5 Å². The van der Waals surface area contributed by atoms with E-state index in [0.29, 0.717) is 19.3 Å². The number of hydrogen-bond donors (Lipinski definition) is 2. The molecule has 19 heavy (non-hydrogen) atoms. The van der Waals surface area contributed by atoms with Crippen LogP contribution in [0.5, 0.6) is 0 Å². The van der Waals surface area contributed by atoms with Crippen molar-refractivity contribution in [3.05, 3.63) is 12.2 Å². The van der Waals surface area contributed by atoms with Crippen molar-refractivity contribution in [2.75, 3.05) is 7.11 Å². The summed E-state index contributed by atoms with van der Waals surface area (Å²) in [6, 6.07) is 0. The monoisotopic (exact) mass is 266 g/mol. The standard InChI is InChI=1S/C15H22O4/c1-9-8-10(16)12-14(9)5-3-6-15(12,13(18)19-2)11(17)4-7-14/h10-12,16-17H,1,3-8H2,2H3/t10-,11+,12+,14+,15+/m0/s1. The van der Waals surface area contributed by atoms with Crippen molar-refractivity contribution in [2.24, 2.45) is 16.7 Å². The number of ether oxygens (including phenoxy) is 1. The Labute approximate surface area is 113 Å². The van der Waals surface area contributed by atoms with E-state index in [9.17, 15) is 15.0 Å². The number of aliphatic hydroxyl groups is 2. The molecule has 0 radical (unpaired) electrons. The molecule has 0 aromatic carbocycles. The summed E-state index contributed by atoms with van der Waals surface area (Å²) >= 11 is 0. The molecule has 3 aliphatic rings. The van der Waals surface area contributed by atoms with Crippen LogP contribution in [0.4, 0.5) is 0 Å². The van der Waals surface area contributed by atoms with Crippen molar-refractivity contribution in [3.63, 3.8) is 0 Å². The van der Waals surface area contributed by atoms with E-state index in [1.54, 1.807) is 0 Å². The molecule has 5 atom stereocenters. The SMILES string of the molecule is C=C1C[C@H](O)[C@@H]2[C@@]13CCC[C@@]2(C(=O)OC)[C@H](O)CC3. The Bertz CT molecular complexity index is 432. The Kier molecular flexibility index (Phi) is 2.81. The second kappa shape index (κ2) is 4.06. The zero-order valence-electron chi connectivity index (χ0n) is 11.4. The average Bonchev–Trinajstić information content (AvgIpc) is 2.67. The molecule has 3 saturated carbocycles. The second-order valence-corrected chi connectivity index (χ2v) is 6.45. The summed E-state index contributed by atoms with van der Waals surface area (Å²) in [4.78, 5) is 12.4. The smallest absolute Gasteiger partial charge is 0.314 e. The Morgan fingerprint density at radius 1 is 1.37 bits per heavy atom. The molecular formula is C15H22O4. The van der Waals surface area contributed by atoms with Gasteiger partial charge in [0.05, 0.1) is 24.7 Å². The van der Waals surface area contributed by atoms with Crippen molar-refractivity contribution in [3.8, 4) is 0 Å². The first-order chi connectivity index (χ1) is 8.99. The normalized spacial score (nSPS) is 48.8. The molecule has 0 aliphatic heterocycles. The van der Waals surface area contributed by atoms with Gasteiger partial charge in [-0.1, -0.05) is 18.6 Å². The molecule has 106 valence electrons. The number of carbonyl (C=O) groups excluding carboxylic acids is 1. The van der Waals surface area contributed by atoms with Gasteiger partial charge < -0.3 is 14.9 Å². The van der Waals surface area contributed by atoms with E-state index >= 15 is 0 Å². The summed E-state index contributed by atoms with van der Waals surface area (Å²) in [7, 11) is 1.37. The average molecular weight is 266 g/mol. The summed E-state index contributed by atoms with van der Waals surface area (Å²) in [5.41, 5.74) is -0.0280. The third-order valence-corrected chi connectivity index (χ3v) is 5.93. The Hall–Kier alpha value is -0.870. The molecule has 3 rings (SSSR count). The first-order valence-corrected chi connectivity index (χ1v) is 7.12. The third kappa shape index (κ3) is 1.39. The predicted octanol–water partition coefficient (Wildman–Crippen LogP) is 1.41. The number of hydrogen-bond acceptors (Lipinski definition) is 4. The molecule has 0 amide bonds. The van der Waals surface area contributed by atoms with E-state index in [4.69, 9.17) is 4.74 Å². The largest absolute Gasteiger partial charge is 0.469 e. The van der Waals surface area contributed by atoms with Crippen LogP contribution < -0.4 is 0 Å². The first kappa shape index (κ1) is 13.1. The van der Waals surface area contributed by atoms with Gasteiger partial charge in [0.15, 0.2) is 0 Å². The molecule has 0 unspecified atom stereocenters. The van der Waals surface area contributed by atoms with Crippen molar-refractivity contribution < 1.29 is 19.7 Å². The molecule has 0 heterocycles. The predicted molar refractivity (Wildman–Crippen MR) is 69.2 cm³/mol. The Morgan fingerprint density at radius 2 is 2.11 bits per heavy atom. The molecule has 4 nitrogen and oxygen atoms in total. The molecule has 0 aromatic heterocycles. The minimum Gasteiger partial charge on any atom is -0.469 e. The highest BCUT2D eigenvalue weighted by atomic mass is 16.5. The zero-order chi connectivity index (χ0) is 13.8. The lowest BCUT2D eigenvalue weighted by molar-refractivity contribution is -0.197. The quantitative estimate of drug-likeness (QED) is 0.556. The molecule has 0 spiro atoms. The summed E-state index contributed by atoms with van der Waals surface area (Å²) in [6.45, 7) is 4.15. The molecule has 2 bridgehead atoms. The highest BCUT2D eigenvalue weighted by Crippen LogP contribution is 2.67. The fraction of sp³-hybridized carbons (Fsp3) is 0.800. The van der Waals surface area contributed by atoms with Crippen LogP contribution >= 0.6 is 0 Å². The van der Waals surface area contributed by atoms with Crippen LogP contribution in [0.15, 0.2) is 12.2 Å². The van der Waals surface area contributed by atoms with Crippen LogP contribution in [0, 0.1) is 16.7 Å². The van der Waals surface area contributed by atoms with Crippen molar-refractivity contribution >= 4 is 5.97 Å². The maximum atomic E-state index is 12.4. The van der Waals surface area contributed by atoms with Crippen LogP contribution in [0.2, 0.25) is 0 Å². The molecule has 0 saturated heterocycles. The van der Waals surface area contributed by atoms with Gasteiger partial charge in [0.25, 0.3) is 0 Å². The van der Waals surface area contributed by atoms with E-state index in [2.05, 4.69) is 6.58 Å². The lowest BCUT2D eigenvalue weighted by atomic mass is 9.47. The fourth-order valence-electron chi connectivity index (χ4n) is 5.22. The van der Waals surface area contributed by atoms with Gasteiger partial charge in [0.1, 0.15) is 0 Å². The van der Waals surface area contributed by atoms with Gasteiger partial charge in [-0.05, 0) is 37.5 Å². The number of methoxy groups -OCH3 is 1. The maximum Gasteiger partial charge on any atom is 0.314 e. The second-order valence-electron chi connectivity index (χ2n) is 6.45. The van der Waals surface area contributed by atoms with Crippen LogP contribution in [-0.2, 0) is 9.53 Å². The molecule has 3 aliphatic carbocycles. The third-order valence-electron chi connectivity index (χ3n) is 5.93. The van der Waals surface area contributed by atoms with Gasteiger partial charge in [0, 0.05) is 5.92 Å². The van der Waals surface area contributed by atoms with Gasteiger partial charge in [-0.2, -0.15) is 0 Å². The van der Waals surface area contributed by atoms with Crippen LogP contribution in [0.3, 0.4) is 0 Å². The first-order valence-electron chi connectivity index (χ1n) is 7.12. The summed E-state index contributed by atoms with van der Waals surface area (Å²) < 4.78 is 4.99. The fourth-order valence-corrected chi connectivity index (χ4v) is 5.22. The Morgan fingerprint density at radius 3 is 2.79 bits per heavy atom. The highest BCUT2D eigenvalue weighted by molar-refractivity contribution is 5.79. The van der Waals surface area contributed by atoms with E-state index in [1.165, 1.54) is 7.11 Å². The number of rotatable bonds is 1. The summed E-state index contributed by atoms with van der Waals surface area (Å²) in [6.07, 6.45) is 3.15. The molecule has 0 aromatic rings. The highest BCUT2D eigenvalue weighted by Gasteiger charge is 2.69. The van der Waals surface area contributed by atoms with Crippen molar-refractivity contribution in [1.82, 2.24) is 0 Å². The molecule has 4 heteroatoms. The van der Waals surface area contributed by atoms with Gasteiger partial charge in [-0.15, -0.1) is 0 Å². The summed E-state index contributed by atoms with van der Waals surface area (Å²) in [5, 5.41) is 20.9. The van der Waals surface area contributed by atoms with Gasteiger partial charge in [-0.3, -0.25) is 4.79 Å². The lowest BCUT2D eigenvalue weighted by Gasteiger charge is -2.57. The molecule has 2 N–H and O–H groups in total.